The van der Waals surface area contributed by atoms with Crippen molar-refractivity contribution in [1.82, 2.24) is 14.3 Å². The van der Waals surface area contributed by atoms with Gasteiger partial charge in [-0.15, -0.1) is 0 Å². The van der Waals surface area contributed by atoms with E-state index in [0.29, 0.717) is 17.8 Å². The van der Waals surface area contributed by atoms with Gasteiger partial charge in [-0.25, -0.2) is 0 Å². The Bertz CT molecular complexity index is 1330. The monoisotopic (exact) mass is 439 g/mol. The molecular weight excluding hydrogens is 410 g/mol. The average molecular weight is 440 g/mol. The van der Waals surface area contributed by atoms with Crippen LogP contribution in [0.5, 0.6) is 0 Å². The average Bonchev–Trinajstić information content (AvgIpc) is 3.27. The lowest BCUT2D eigenvalue weighted by atomic mass is 9.95. The Hall–Kier alpha value is -3.60. The van der Waals surface area contributed by atoms with E-state index in [0.717, 1.165) is 48.1 Å². The third-order valence-electron chi connectivity index (χ3n) is 6.63. The fourth-order valence-electron chi connectivity index (χ4n) is 4.77. The molecule has 1 aliphatic carbocycles. The van der Waals surface area contributed by atoms with Gasteiger partial charge in [0.25, 0.3) is 11.5 Å². The zero-order chi connectivity index (χ0) is 22.8. The van der Waals surface area contributed by atoms with Crippen LogP contribution in [-0.2, 0) is 6.54 Å². The molecule has 1 fully saturated rings. The number of fused-ring (bicyclic) bond motifs is 1. The van der Waals surface area contributed by atoms with Gasteiger partial charge in [-0.05, 0) is 43.0 Å². The van der Waals surface area contributed by atoms with Gasteiger partial charge in [-0.1, -0.05) is 79.4 Å². The Morgan fingerprint density at radius 1 is 0.939 bits per heavy atom. The Balaban J connectivity index is 1.62. The number of aromatic nitrogens is 2. The molecule has 168 valence electrons. The van der Waals surface area contributed by atoms with Gasteiger partial charge in [-0.2, -0.15) is 0 Å². The summed E-state index contributed by atoms with van der Waals surface area (Å²) in [4.78, 5) is 27.1. The van der Waals surface area contributed by atoms with Crippen LogP contribution in [-0.4, -0.2) is 20.9 Å². The highest BCUT2D eigenvalue weighted by molar-refractivity contribution is 5.93. The Labute approximate surface area is 193 Å². The molecule has 0 spiro atoms. The third kappa shape index (κ3) is 4.36. The lowest BCUT2D eigenvalue weighted by Gasteiger charge is -2.24. The second kappa shape index (κ2) is 9.10. The van der Waals surface area contributed by atoms with E-state index >= 15 is 0 Å². The summed E-state index contributed by atoms with van der Waals surface area (Å²) in [6.07, 6.45) is 7.31. The van der Waals surface area contributed by atoms with E-state index in [9.17, 15) is 9.59 Å². The minimum Gasteiger partial charge on any atom is -0.348 e. The van der Waals surface area contributed by atoms with Crippen molar-refractivity contribution < 1.29 is 4.79 Å². The maximum atomic E-state index is 13.6. The van der Waals surface area contributed by atoms with Crippen molar-refractivity contribution >= 4 is 11.4 Å². The largest absolute Gasteiger partial charge is 0.348 e. The topological polar surface area (TPSA) is 55.5 Å². The van der Waals surface area contributed by atoms with Gasteiger partial charge in [0, 0.05) is 12.2 Å². The van der Waals surface area contributed by atoms with Crippen LogP contribution >= 0.6 is 0 Å². The SMILES string of the molecule is Cc1ccc(Cn2c(C(=O)NC3CCCCC3)cn3c(-c4ccccc4)ccc3c2=O)cc1. The van der Waals surface area contributed by atoms with Crippen LogP contribution in [0.4, 0.5) is 0 Å². The molecule has 2 aromatic carbocycles. The molecule has 0 aliphatic heterocycles. The Morgan fingerprint density at radius 3 is 2.39 bits per heavy atom. The molecule has 5 rings (SSSR count). The number of carbonyl (C=O) groups is 1. The highest BCUT2D eigenvalue weighted by atomic mass is 16.2. The van der Waals surface area contributed by atoms with Crippen LogP contribution in [0.3, 0.4) is 0 Å². The molecule has 0 bridgehead atoms. The van der Waals surface area contributed by atoms with Crippen molar-refractivity contribution in [2.75, 3.05) is 0 Å². The van der Waals surface area contributed by atoms with Crippen LogP contribution in [0, 0.1) is 6.92 Å². The number of carbonyl (C=O) groups excluding carboxylic acids is 1. The second-order valence-corrected chi connectivity index (χ2v) is 9.04. The molecule has 5 nitrogen and oxygen atoms in total. The molecule has 0 radical (unpaired) electrons. The molecule has 2 aromatic heterocycles. The van der Waals surface area contributed by atoms with E-state index in [2.05, 4.69) is 5.32 Å². The number of nitrogens with zero attached hydrogens (tertiary/aromatic N) is 2. The first-order valence-corrected chi connectivity index (χ1v) is 11.8. The molecule has 0 unspecified atom stereocenters. The normalized spacial score (nSPS) is 14.5. The molecule has 0 atom stereocenters. The molecule has 1 N–H and O–H groups in total. The third-order valence-corrected chi connectivity index (χ3v) is 6.63. The van der Waals surface area contributed by atoms with E-state index in [4.69, 9.17) is 0 Å². The lowest BCUT2D eigenvalue weighted by Crippen LogP contribution is -2.40. The summed E-state index contributed by atoms with van der Waals surface area (Å²) < 4.78 is 3.48. The van der Waals surface area contributed by atoms with E-state index in [1.54, 1.807) is 4.57 Å². The molecule has 0 saturated heterocycles. The maximum Gasteiger partial charge on any atom is 0.275 e. The molecule has 1 aliphatic rings. The van der Waals surface area contributed by atoms with E-state index in [1.165, 1.54) is 6.42 Å². The predicted molar refractivity (Wildman–Crippen MR) is 132 cm³/mol. The van der Waals surface area contributed by atoms with Gasteiger partial charge in [0.2, 0.25) is 0 Å². The van der Waals surface area contributed by atoms with Crippen molar-refractivity contribution in [2.45, 2.75) is 51.6 Å². The summed E-state index contributed by atoms with van der Waals surface area (Å²) >= 11 is 0. The fraction of sp³-hybridized carbons (Fsp3) is 0.286. The van der Waals surface area contributed by atoms with Gasteiger partial charge in [0.05, 0.1) is 12.2 Å². The quantitative estimate of drug-likeness (QED) is 0.465. The van der Waals surface area contributed by atoms with E-state index < -0.39 is 0 Å². The number of aryl methyl sites for hydroxylation is 1. The first kappa shape index (κ1) is 21.3. The fourth-order valence-corrected chi connectivity index (χ4v) is 4.77. The summed E-state index contributed by atoms with van der Waals surface area (Å²) in [7, 11) is 0. The zero-order valence-electron chi connectivity index (χ0n) is 19.0. The van der Waals surface area contributed by atoms with Gasteiger partial charge in [-0.3, -0.25) is 14.2 Å². The second-order valence-electron chi connectivity index (χ2n) is 9.04. The lowest BCUT2D eigenvalue weighted by molar-refractivity contribution is 0.0917. The van der Waals surface area contributed by atoms with Crippen molar-refractivity contribution in [2.24, 2.45) is 0 Å². The minimum atomic E-state index is -0.180. The Kier molecular flexibility index (Phi) is 5.86. The Morgan fingerprint density at radius 2 is 1.67 bits per heavy atom. The highest BCUT2D eigenvalue weighted by Crippen LogP contribution is 2.23. The van der Waals surface area contributed by atoms with Crippen LogP contribution in [0.1, 0.15) is 53.7 Å². The molecule has 1 amide bonds. The predicted octanol–water partition coefficient (Wildman–Crippen LogP) is 5.19. The van der Waals surface area contributed by atoms with Crippen LogP contribution in [0.2, 0.25) is 0 Å². The summed E-state index contributed by atoms with van der Waals surface area (Å²) in [5.74, 6) is -0.180. The summed E-state index contributed by atoms with van der Waals surface area (Å²) in [6.45, 7) is 2.39. The first-order valence-electron chi connectivity index (χ1n) is 11.8. The molecule has 33 heavy (non-hydrogen) atoms. The summed E-state index contributed by atoms with van der Waals surface area (Å²) in [6, 6.07) is 22.0. The standard InChI is InChI=1S/C28H29N3O2/c1-20-12-14-21(15-13-20)18-31-26(27(32)29-23-10-6-3-7-11-23)19-30-24(16-17-25(30)28(31)33)22-8-4-2-5-9-22/h2,4-5,8-9,12-17,19,23H,3,6-7,10-11,18H2,1H3,(H,29,32). The van der Waals surface area contributed by atoms with Gasteiger partial charge >= 0.3 is 0 Å². The number of amides is 1. The molecule has 2 heterocycles. The molecule has 1 saturated carbocycles. The molecule has 4 aromatic rings. The number of nitrogens with one attached hydrogen (secondary N) is 1. The van der Waals surface area contributed by atoms with Crippen molar-refractivity contribution in [3.05, 3.63) is 100 Å². The van der Waals surface area contributed by atoms with E-state index in [-0.39, 0.29) is 17.5 Å². The van der Waals surface area contributed by atoms with E-state index in [1.807, 2.05) is 84.3 Å². The number of benzene rings is 2. The van der Waals surface area contributed by atoms with Crippen LogP contribution < -0.4 is 10.9 Å². The zero-order valence-corrected chi connectivity index (χ0v) is 19.0. The molecule has 5 heteroatoms. The van der Waals surface area contributed by atoms with Crippen LogP contribution in [0.25, 0.3) is 16.8 Å². The van der Waals surface area contributed by atoms with Gasteiger partial charge in [0.1, 0.15) is 11.2 Å². The number of hydrogen-bond acceptors (Lipinski definition) is 2. The summed E-state index contributed by atoms with van der Waals surface area (Å²) in [5.41, 5.74) is 4.87. The molecular formula is C28H29N3O2. The minimum absolute atomic E-state index is 0.158. The van der Waals surface area contributed by atoms with Crippen molar-refractivity contribution in [3.63, 3.8) is 0 Å². The van der Waals surface area contributed by atoms with Crippen molar-refractivity contribution in [1.29, 1.82) is 0 Å². The van der Waals surface area contributed by atoms with Gasteiger partial charge < -0.3 is 9.72 Å². The van der Waals surface area contributed by atoms with Crippen LogP contribution in [0.15, 0.2) is 77.7 Å². The number of rotatable bonds is 5. The maximum absolute atomic E-state index is 13.6. The first-order chi connectivity index (χ1) is 16.1. The van der Waals surface area contributed by atoms with Crippen molar-refractivity contribution in [3.8, 4) is 11.3 Å². The summed E-state index contributed by atoms with van der Waals surface area (Å²) in [5, 5.41) is 3.20. The smallest absolute Gasteiger partial charge is 0.275 e. The number of hydrogen-bond donors (Lipinski definition) is 1. The van der Waals surface area contributed by atoms with Gasteiger partial charge in [0.15, 0.2) is 0 Å². The highest BCUT2D eigenvalue weighted by Gasteiger charge is 2.22.